The maximum atomic E-state index is 3.53. The quantitative estimate of drug-likeness (QED) is 0.665. The molecule has 0 aliphatic carbocycles. The number of thioether (sulfide) groups is 1. The van der Waals surface area contributed by atoms with Gasteiger partial charge in [-0.25, -0.2) is 0 Å². The normalized spacial score (nSPS) is 14.5. The number of nitrogens with one attached hydrogen (secondary N) is 1. The fourth-order valence-electron chi connectivity index (χ4n) is 0.938. The van der Waals surface area contributed by atoms with Crippen molar-refractivity contribution in [2.24, 2.45) is 0 Å². The first kappa shape index (κ1) is 13.3. The van der Waals surface area contributed by atoms with Gasteiger partial charge in [-0.3, -0.25) is 0 Å². The minimum atomic E-state index is 0.263. The molecule has 1 atom stereocenters. The van der Waals surface area contributed by atoms with E-state index in [1.54, 1.807) is 0 Å². The monoisotopic (exact) mass is 203 g/mol. The molecule has 80 valence electrons. The Morgan fingerprint density at radius 1 is 1.31 bits per heavy atom. The molecule has 2 heteroatoms. The van der Waals surface area contributed by atoms with Crippen molar-refractivity contribution in [2.75, 3.05) is 12.3 Å². The lowest BCUT2D eigenvalue weighted by atomic mass is 10.1. The highest BCUT2D eigenvalue weighted by atomic mass is 32.2. The van der Waals surface area contributed by atoms with E-state index in [0.717, 1.165) is 11.8 Å². The van der Waals surface area contributed by atoms with Crippen LogP contribution >= 0.6 is 11.8 Å². The van der Waals surface area contributed by atoms with E-state index in [-0.39, 0.29) is 5.54 Å². The minimum Gasteiger partial charge on any atom is -0.311 e. The van der Waals surface area contributed by atoms with Crippen LogP contribution in [0.15, 0.2) is 0 Å². The molecule has 0 bridgehead atoms. The Kier molecular flexibility index (Phi) is 6.88. The molecule has 0 aliphatic rings. The fraction of sp³-hybridized carbons (Fsp3) is 1.00. The lowest BCUT2D eigenvalue weighted by Gasteiger charge is -2.23. The van der Waals surface area contributed by atoms with Crippen molar-refractivity contribution in [1.29, 1.82) is 0 Å². The molecule has 0 radical (unpaired) electrons. The summed E-state index contributed by atoms with van der Waals surface area (Å²) in [5, 5.41) is 4.27. The minimum absolute atomic E-state index is 0.263. The van der Waals surface area contributed by atoms with E-state index < -0.39 is 0 Å². The molecule has 0 aromatic carbocycles. The van der Waals surface area contributed by atoms with Gasteiger partial charge in [0.25, 0.3) is 0 Å². The smallest absolute Gasteiger partial charge is 0.0144 e. The van der Waals surface area contributed by atoms with Crippen molar-refractivity contribution < 1.29 is 0 Å². The largest absolute Gasteiger partial charge is 0.311 e. The second-order valence-corrected chi connectivity index (χ2v) is 6.21. The molecule has 0 aromatic heterocycles. The van der Waals surface area contributed by atoms with Crippen LogP contribution < -0.4 is 5.32 Å². The highest BCUT2D eigenvalue weighted by molar-refractivity contribution is 7.99. The van der Waals surface area contributed by atoms with Gasteiger partial charge in [0, 0.05) is 17.3 Å². The molecule has 0 aromatic rings. The zero-order valence-corrected chi connectivity index (χ0v) is 10.6. The molecule has 0 saturated carbocycles. The maximum Gasteiger partial charge on any atom is 0.0144 e. The standard InChI is InChI=1S/C11H25NS/c1-6-7-8-13-10(2)9-12-11(3,4)5/h10,12H,6-9H2,1-5H3. The molecular formula is C11H25NS. The van der Waals surface area contributed by atoms with Crippen molar-refractivity contribution >= 4 is 11.8 Å². The number of hydrogen-bond donors (Lipinski definition) is 1. The van der Waals surface area contributed by atoms with Gasteiger partial charge in [-0.1, -0.05) is 20.3 Å². The molecule has 0 amide bonds. The van der Waals surface area contributed by atoms with Gasteiger partial charge >= 0.3 is 0 Å². The van der Waals surface area contributed by atoms with E-state index in [9.17, 15) is 0 Å². The average Bonchev–Trinajstić information content (AvgIpc) is 2.00. The number of rotatable bonds is 6. The topological polar surface area (TPSA) is 12.0 Å². The first-order valence-corrected chi connectivity index (χ1v) is 6.37. The molecule has 0 spiro atoms. The van der Waals surface area contributed by atoms with Crippen LogP contribution in [0.5, 0.6) is 0 Å². The van der Waals surface area contributed by atoms with E-state index >= 15 is 0 Å². The van der Waals surface area contributed by atoms with E-state index in [1.807, 2.05) is 0 Å². The van der Waals surface area contributed by atoms with Gasteiger partial charge in [0.1, 0.15) is 0 Å². The van der Waals surface area contributed by atoms with E-state index in [4.69, 9.17) is 0 Å². The first-order chi connectivity index (χ1) is 5.95. The molecule has 13 heavy (non-hydrogen) atoms. The van der Waals surface area contributed by atoms with Crippen molar-refractivity contribution in [3.05, 3.63) is 0 Å². The zero-order chi connectivity index (χ0) is 10.3. The Labute approximate surface area is 88.1 Å². The SMILES string of the molecule is CCCCSC(C)CNC(C)(C)C. The number of unbranched alkanes of at least 4 members (excludes halogenated alkanes) is 1. The van der Waals surface area contributed by atoms with E-state index in [2.05, 4.69) is 51.7 Å². The van der Waals surface area contributed by atoms with Crippen molar-refractivity contribution in [2.45, 2.75) is 58.2 Å². The van der Waals surface area contributed by atoms with Crippen LogP contribution in [0.1, 0.15) is 47.5 Å². The zero-order valence-electron chi connectivity index (χ0n) is 9.81. The summed E-state index contributed by atoms with van der Waals surface area (Å²) in [5.74, 6) is 1.31. The van der Waals surface area contributed by atoms with E-state index in [1.165, 1.54) is 18.6 Å². The van der Waals surface area contributed by atoms with Gasteiger partial charge in [0.2, 0.25) is 0 Å². The Bertz CT molecular complexity index is 118. The Balaban J connectivity index is 3.35. The second kappa shape index (κ2) is 6.72. The van der Waals surface area contributed by atoms with E-state index in [0.29, 0.717) is 0 Å². The molecule has 0 aliphatic heterocycles. The van der Waals surface area contributed by atoms with Crippen molar-refractivity contribution in [3.8, 4) is 0 Å². The van der Waals surface area contributed by atoms with Gasteiger partial charge in [0.15, 0.2) is 0 Å². The lowest BCUT2D eigenvalue weighted by Crippen LogP contribution is -2.39. The molecule has 0 saturated heterocycles. The third kappa shape index (κ3) is 10.2. The van der Waals surface area contributed by atoms with Gasteiger partial charge in [-0.05, 0) is 32.9 Å². The molecule has 0 heterocycles. The third-order valence-electron chi connectivity index (χ3n) is 1.82. The van der Waals surface area contributed by atoms with Gasteiger partial charge in [-0.2, -0.15) is 11.8 Å². The van der Waals surface area contributed by atoms with Crippen LogP contribution in [0.2, 0.25) is 0 Å². The summed E-state index contributed by atoms with van der Waals surface area (Å²) in [7, 11) is 0. The van der Waals surface area contributed by atoms with Crippen molar-refractivity contribution in [1.82, 2.24) is 5.32 Å². The maximum absolute atomic E-state index is 3.53. The lowest BCUT2D eigenvalue weighted by molar-refractivity contribution is 0.429. The van der Waals surface area contributed by atoms with Gasteiger partial charge in [0.05, 0.1) is 0 Å². The Morgan fingerprint density at radius 2 is 1.92 bits per heavy atom. The van der Waals surface area contributed by atoms with Crippen LogP contribution in [-0.4, -0.2) is 23.1 Å². The first-order valence-electron chi connectivity index (χ1n) is 5.32. The predicted octanol–water partition coefficient (Wildman–Crippen LogP) is 3.30. The summed E-state index contributed by atoms with van der Waals surface area (Å²) in [4.78, 5) is 0. The van der Waals surface area contributed by atoms with Gasteiger partial charge in [-0.15, -0.1) is 0 Å². The summed E-state index contributed by atoms with van der Waals surface area (Å²) in [6, 6.07) is 0. The van der Waals surface area contributed by atoms with Gasteiger partial charge < -0.3 is 5.32 Å². The summed E-state index contributed by atoms with van der Waals surface area (Å²) in [5.41, 5.74) is 0.263. The Hall–Kier alpha value is 0.310. The highest BCUT2D eigenvalue weighted by Gasteiger charge is 2.10. The van der Waals surface area contributed by atoms with Crippen LogP contribution in [0.4, 0.5) is 0 Å². The van der Waals surface area contributed by atoms with Crippen LogP contribution in [0.3, 0.4) is 0 Å². The molecule has 0 fully saturated rings. The molecule has 0 rings (SSSR count). The second-order valence-electron chi connectivity index (χ2n) is 4.67. The van der Waals surface area contributed by atoms with Crippen LogP contribution in [-0.2, 0) is 0 Å². The Morgan fingerprint density at radius 3 is 2.38 bits per heavy atom. The number of hydrogen-bond acceptors (Lipinski definition) is 2. The van der Waals surface area contributed by atoms with Crippen molar-refractivity contribution in [3.63, 3.8) is 0 Å². The third-order valence-corrected chi connectivity index (χ3v) is 3.08. The summed E-state index contributed by atoms with van der Waals surface area (Å²) < 4.78 is 0. The molecule has 1 N–H and O–H groups in total. The molecule has 1 nitrogen and oxygen atoms in total. The summed E-state index contributed by atoms with van der Waals surface area (Å²) >= 11 is 2.08. The molecule has 1 unspecified atom stereocenters. The highest BCUT2D eigenvalue weighted by Crippen LogP contribution is 2.12. The fourth-order valence-corrected chi connectivity index (χ4v) is 2.00. The summed E-state index contributed by atoms with van der Waals surface area (Å²) in [6.45, 7) is 12.3. The predicted molar refractivity (Wildman–Crippen MR) is 64.6 cm³/mol. The summed E-state index contributed by atoms with van der Waals surface area (Å²) in [6.07, 6.45) is 2.66. The van der Waals surface area contributed by atoms with Crippen LogP contribution in [0, 0.1) is 0 Å². The molecular weight excluding hydrogens is 178 g/mol. The van der Waals surface area contributed by atoms with Crippen LogP contribution in [0.25, 0.3) is 0 Å². The average molecular weight is 203 g/mol.